The van der Waals surface area contributed by atoms with Crippen LogP contribution in [0.1, 0.15) is 13.3 Å². The van der Waals surface area contributed by atoms with Crippen molar-refractivity contribution in [2.75, 3.05) is 6.61 Å². The van der Waals surface area contributed by atoms with E-state index in [0.717, 1.165) is 6.92 Å². The van der Waals surface area contributed by atoms with Crippen LogP contribution < -0.4 is 0 Å². The number of ether oxygens (including phenoxy) is 1. The average molecular weight is 182 g/mol. The Morgan fingerprint density at radius 1 is 1.58 bits per heavy atom. The van der Waals surface area contributed by atoms with Gasteiger partial charge in [0.15, 0.2) is 0 Å². The molecule has 1 aliphatic heterocycles. The average Bonchev–Trinajstić information content (AvgIpc) is 2.31. The maximum absolute atomic E-state index is 12.1. The molecule has 0 saturated carbocycles. The van der Waals surface area contributed by atoms with Gasteiger partial charge in [0, 0.05) is 0 Å². The Morgan fingerprint density at radius 2 is 2.17 bits per heavy atom. The van der Waals surface area contributed by atoms with Gasteiger partial charge >= 0.3 is 12.1 Å². The van der Waals surface area contributed by atoms with Gasteiger partial charge in [-0.1, -0.05) is 6.92 Å². The van der Waals surface area contributed by atoms with Crippen LogP contribution in [0.4, 0.5) is 13.2 Å². The second-order valence-corrected chi connectivity index (χ2v) is 2.89. The number of rotatable bonds is 1. The minimum Gasteiger partial charge on any atom is -0.465 e. The predicted molar refractivity (Wildman–Crippen MR) is 34.3 cm³/mol. The standard InChI is InChI=1S/C7H9F3O2/c1-4(7(8,9)10)5-2-3-12-6(5)11/h4-5H,2-3H2,1H3. The van der Waals surface area contributed by atoms with Crippen molar-refractivity contribution in [2.45, 2.75) is 19.5 Å². The summed E-state index contributed by atoms with van der Waals surface area (Å²) in [6, 6.07) is 0. The van der Waals surface area contributed by atoms with Crippen molar-refractivity contribution in [1.29, 1.82) is 0 Å². The van der Waals surface area contributed by atoms with Gasteiger partial charge in [-0.2, -0.15) is 13.2 Å². The first-order valence-electron chi connectivity index (χ1n) is 3.66. The Morgan fingerprint density at radius 3 is 2.50 bits per heavy atom. The lowest BCUT2D eigenvalue weighted by atomic mass is 9.92. The van der Waals surface area contributed by atoms with Gasteiger partial charge in [0.25, 0.3) is 0 Å². The van der Waals surface area contributed by atoms with Crippen LogP contribution in [0.25, 0.3) is 0 Å². The SMILES string of the molecule is CC(C1CCOC1=O)C(F)(F)F. The van der Waals surface area contributed by atoms with Crippen LogP contribution in [0.3, 0.4) is 0 Å². The Kier molecular flexibility index (Phi) is 2.30. The van der Waals surface area contributed by atoms with E-state index >= 15 is 0 Å². The molecule has 2 unspecified atom stereocenters. The third kappa shape index (κ3) is 1.70. The fourth-order valence-corrected chi connectivity index (χ4v) is 1.19. The van der Waals surface area contributed by atoms with Crippen molar-refractivity contribution in [3.63, 3.8) is 0 Å². The van der Waals surface area contributed by atoms with E-state index in [0.29, 0.717) is 0 Å². The first-order chi connectivity index (χ1) is 5.43. The number of esters is 1. The minimum absolute atomic E-state index is 0.115. The molecule has 0 spiro atoms. The van der Waals surface area contributed by atoms with Gasteiger partial charge in [0.1, 0.15) is 0 Å². The molecule has 0 aromatic carbocycles. The third-order valence-electron chi connectivity index (χ3n) is 2.10. The lowest BCUT2D eigenvalue weighted by molar-refractivity contribution is -0.187. The van der Waals surface area contributed by atoms with E-state index in [2.05, 4.69) is 4.74 Å². The molecule has 5 heteroatoms. The molecule has 1 heterocycles. The zero-order valence-electron chi connectivity index (χ0n) is 6.52. The van der Waals surface area contributed by atoms with Crippen LogP contribution in [0.2, 0.25) is 0 Å². The number of alkyl halides is 3. The van der Waals surface area contributed by atoms with Crippen LogP contribution in [0, 0.1) is 11.8 Å². The van der Waals surface area contributed by atoms with Gasteiger partial charge in [-0.15, -0.1) is 0 Å². The Labute approximate surface area is 67.7 Å². The summed E-state index contributed by atoms with van der Waals surface area (Å²) in [5.41, 5.74) is 0. The smallest absolute Gasteiger partial charge is 0.392 e. The quantitative estimate of drug-likeness (QED) is 0.577. The van der Waals surface area contributed by atoms with Crippen LogP contribution in [-0.2, 0) is 9.53 Å². The zero-order chi connectivity index (χ0) is 9.35. The second kappa shape index (κ2) is 2.95. The van der Waals surface area contributed by atoms with Gasteiger partial charge in [0.2, 0.25) is 0 Å². The number of cyclic esters (lactones) is 1. The maximum atomic E-state index is 12.1. The molecule has 2 nitrogen and oxygen atoms in total. The summed E-state index contributed by atoms with van der Waals surface area (Å²) in [6.07, 6.45) is -4.12. The highest BCUT2D eigenvalue weighted by Crippen LogP contribution is 2.35. The van der Waals surface area contributed by atoms with E-state index < -0.39 is 24.0 Å². The topological polar surface area (TPSA) is 26.3 Å². The highest BCUT2D eigenvalue weighted by Gasteiger charge is 2.46. The number of halogens is 3. The molecule has 70 valence electrons. The summed E-state index contributed by atoms with van der Waals surface area (Å²) >= 11 is 0. The molecular weight excluding hydrogens is 173 g/mol. The summed E-state index contributed by atoms with van der Waals surface area (Å²) in [7, 11) is 0. The van der Waals surface area contributed by atoms with Crippen molar-refractivity contribution in [1.82, 2.24) is 0 Å². The van der Waals surface area contributed by atoms with E-state index in [4.69, 9.17) is 0 Å². The van der Waals surface area contributed by atoms with Crippen LogP contribution in [0.15, 0.2) is 0 Å². The molecule has 0 bridgehead atoms. The van der Waals surface area contributed by atoms with Gasteiger partial charge in [0.05, 0.1) is 18.4 Å². The highest BCUT2D eigenvalue weighted by atomic mass is 19.4. The second-order valence-electron chi connectivity index (χ2n) is 2.89. The highest BCUT2D eigenvalue weighted by molar-refractivity contribution is 5.74. The molecule has 0 aromatic heterocycles. The lowest BCUT2D eigenvalue weighted by Crippen LogP contribution is -2.30. The van der Waals surface area contributed by atoms with Gasteiger partial charge < -0.3 is 4.74 Å². The Hall–Kier alpha value is -0.740. The van der Waals surface area contributed by atoms with Crippen molar-refractivity contribution in [3.8, 4) is 0 Å². The molecular formula is C7H9F3O2. The third-order valence-corrected chi connectivity index (χ3v) is 2.10. The van der Waals surface area contributed by atoms with E-state index in [9.17, 15) is 18.0 Å². The molecule has 1 aliphatic rings. The molecule has 2 atom stereocenters. The molecule has 12 heavy (non-hydrogen) atoms. The molecule has 0 amide bonds. The van der Waals surface area contributed by atoms with Crippen molar-refractivity contribution in [3.05, 3.63) is 0 Å². The molecule has 1 rings (SSSR count). The van der Waals surface area contributed by atoms with Crippen molar-refractivity contribution in [2.24, 2.45) is 11.8 Å². The van der Waals surface area contributed by atoms with E-state index in [1.54, 1.807) is 0 Å². The van der Waals surface area contributed by atoms with Crippen molar-refractivity contribution < 1.29 is 22.7 Å². The number of hydrogen-bond donors (Lipinski definition) is 0. The maximum Gasteiger partial charge on any atom is 0.392 e. The largest absolute Gasteiger partial charge is 0.465 e. The Balaban J connectivity index is 2.63. The molecule has 0 aliphatic carbocycles. The summed E-state index contributed by atoms with van der Waals surface area (Å²) in [5.74, 6) is -3.31. The van der Waals surface area contributed by atoms with E-state index in [-0.39, 0.29) is 13.0 Å². The summed E-state index contributed by atoms with van der Waals surface area (Å²) in [5, 5.41) is 0. The number of carbonyl (C=O) groups excluding carboxylic acids is 1. The Bertz CT molecular complexity index is 188. The summed E-state index contributed by atoms with van der Waals surface area (Å²) < 4.78 is 40.6. The van der Waals surface area contributed by atoms with Crippen LogP contribution in [0.5, 0.6) is 0 Å². The van der Waals surface area contributed by atoms with Gasteiger partial charge in [-0.05, 0) is 6.42 Å². The number of hydrogen-bond acceptors (Lipinski definition) is 2. The summed E-state index contributed by atoms with van der Waals surface area (Å²) in [4.78, 5) is 10.7. The molecule has 0 N–H and O–H groups in total. The predicted octanol–water partition coefficient (Wildman–Crippen LogP) is 1.75. The monoisotopic (exact) mass is 182 g/mol. The molecule has 0 aromatic rings. The zero-order valence-corrected chi connectivity index (χ0v) is 6.52. The first-order valence-corrected chi connectivity index (χ1v) is 3.66. The van der Waals surface area contributed by atoms with E-state index in [1.807, 2.05) is 0 Å². The fourth-order valence-electron chi connectivity index (χ4n) is 1.19. The normalized spacial score (nSPS) is 27.0. The van der Waals surface area contributed by atoms with Crippen LogP contribution >= 0.6 is 0 Å². The van der Waals surface area contributed by atoms with Gasteiger partial charge in [-0.25, -0.2) is 0 Å². The molecule has 0 radical (unpaired) electrons. The fraction of sp³-hybridized carbons (Fsp3) is 0.857. The van der Waals surface area contributed by atoms with E-state index in [1.165, 1.54) is 0 Å². The molecule has 1 saturated heterocycles. The first kappa shape index (κ1) is 9.35. The summed E-state index contributed by atoms with van der Waals surface area (Å²) in [6.45, 7) is 1.13. The number of carbonyl (C=O) groups is 1. The van der Waals surface area contributed by atoms with Crippen LogP contribution in [-0.4, -0.2) is 18.8 Å². The lowest BCUT2D eigenvalue weighted by Gasteiger charge is -2.18. The molecule has 1 fully saturated rings. The van der Waals surface area contributed by atoms with Crippen molar-refractivity contribution >= 4 is 5.97 Å². The minimum atomic E-state index is -4.30. The van der Waals surface area contributed by atoms with Gasteiger partial charge in [-0.3, -0.25) is 4.79 Å².